The first-order valence-corrected chi connectivity index (χ1v) is 11.5. The lowest BCUT2D eigenvalue weighted by Gasteiger charge is -2.19. The normalized spacial score (nSPS) is 11.5. The van der Waals surface area contributed by atoms with Crippen LogP contribution >= 0.6 is 0 Å². The summed E-state index contributed by atoms with van der Waals surface area (Å²) in [5.74, 6) is 3.87. The van der Waals surface area contributed by atoms with Crippen molar-refractivity contribution in [2.45, 2.75) is 19.4 Å². The maximum absolute atomic E-state index is 12.7. The Morgan fingerprint density at radius 1 is 0.972 bits per heavy atom. The lowest BCUT2D eigenvalue weighted by Crippen LogP contribution is -2.39. The van der Waals surface area contributed by atoms with E-state index < -0.39 is 23.8 Å². The summed E-state index contributed by atoms with van der Waals surface area (Å²) in [6.07, 6.45) is 1.26. The third kappa shape index (κ3) is 7.78. The van der Waals surface area contributed by atoms with Crippen molar-refractivity contribution in [3.63, 3.8) is 0 Å². The minimum Gasteiger partial charge on any atom is -0.466 e. The monoisotopic (exact) mass is 487 g/mol. The minimum atomic E-state index is -0.611. The zero-order chi connectivity index (χ0) is 25.8. The Morgan fingerprint density at radius 3 is 2.39 bits per heavy atom. The molecule has 36 heavy (non-hydrogen) atoms. The number of hydrazine groups is 1. The predicted molar refractivity (Wildman–Crippen MR) is 138 cm³/mol. The van der Waals surface area contributed by atoms with Gasteiger partial charge in [-0.3, -0.25) is 14.4 Å². The maximum atomic E-state index is 12.7. The van der Waals surface area contributed by atoms with Gasteiger partial charge in [-0.15, -0.1) is 0 Å². The number of hydrogen-bond donors (Lipinski definition) is 4. The smallest absolute Gasteiger partial charge is 0.308 e. The molecule has 3 aromatic rings. The molecule has 186 valence electrons. The number of amides is 2. The Kier molecular flexibility index (Phi) is 9.72. The number of benzene rings is 3. The molecule has 0 bridgehead atoms. The number of ether oxygens (including phenoxy) is 1. The van der Waals surface area contributed by atoms with E-state index in [1.54, 1.807) is 31.2 Å². The molecule has 0 aliphatic carbocycles. The number of rotatable bonds is 11. The van der Waals surface area contributed by atoms with Crippen LogP contribution in [-0.2, 0) is 14.3 Å². The zero-order valence-corrected chi connectivity index (χ0v) is 19.9. The molecule has 0 aliphatic rings. The number of aliphatic imine (C=N–C) groups is 1. The van der Waals surface area contributed by atoms with E-state index in [0.29, 0.717) is 11.3 Å². The minimum absolute atomic E-state index is 0.0343. The van der Waals surface area contributed by atoms with Crippen LogP contribution in [0.3, 0.4) is 0 Å². The average Bonchev–Trinajstić information content (AvgIpc) is 2.91. The van der Waals surface area contributed by atoms with E-state index in [1.807, 2.05) is 54.6 Å². The Bertz CT molecular complexity index is 1200. The molecule has 1 unspecified atom stereocenters. The SMILES string of the molecule is CCOC(=O)CC(NC(=O)CNC(=O)c1cccc(N=CNN)c1)c1ccc(-c2ccccc2)cc1. The van der Waals surface area contributed by atoms with Crippen LogP contribution in [0, 0.1) is 0 Å². The topological polar surface area (TPSA) is 135 Å². The van der Waals surface area contributed by atoms with Gasteiger partial charge in [0.2, 0.25) is 5.91 Å². The molecule has 9 nitrogen and oxygen atoms in total. The maximum Gasteiger partial charge on any atom is 0.308 e. The summed E-state index contributed by atoms with van der Waals surface area (Å²) in [4.78, 5) is 41.4. The highest BCUT2D eigenvalue weighted by molar-refractivity contribution is 5.97. The number of carbonyl (C=O) groups excluding carboxylic acids is 3. The van der Waals surface area contributed by atoms with Crippen molar-refractivity contribution < 1.29 is 19.1 Å². The van der Waals surface area contributed by atoms with Crippen LogP contribution in [0.2, 0.25) is 0 Å². The van der Waals surface area contributed by atoms with Gasteiger partial charge in [-0.05, 0) is 41.8 Å². The molecule has 3 aromatic carbocycles. The summed E-state index contributed by atoms with van der Waals surface area (Å²) in [5.41, 5.74) is 5.99. The summed E-state index contributed by atoms with van der Waals surface area (Å²) in [6, 6.07) is 23.4. The van der Waals surface area contributed by atoms with Crippen molar-refractivity contribution >= 4 is 29.8 Å². The summed E-state index contributed by atoms with van der Waals surface area (Å²) in [7, 11) is 0. The van der Waals surface area contributed by atoms with Gasteiger partial charge in [-0.25, -0.2) is 10.8 Å². The van der Waals surface area contributed by atoms with Gasteiger partial charge in [-0.1, -0.05) is 60.7 Å². The van der Waals surface area contributed by atoms with Crippen LogP contribution in [-0.4, -0.2) is 37.3 Å². The molecule has 0 fully saturated rings. The van der Waals surface area contributed by atoms with Crippen molar-refractivity contribution in [2.75, 3.05) is 13.2 Å². The molecule has 0 saturated heterocycles. The van der Waals surface area contributed by atoms with E-state index in [1.165, 1.54) is 6.34 Å². The fourth-order valence-electron chi connectivity index (χ4n) is 3.52. The molecule has 0 aromatic heterocycles. The number of esters is 1. The Hall–Kier alpha value is -4.50. The molecule has 3 rings (SSSR count). The standard InChI is InChI=1S/C27H29N5O4/c1-2-36-26(34)16-24(21-13-11-20(12-14-21)19-7-4-3-5-8-19)32-25(33)17-29-27(35)22-9-6-10-23(15-22)30-18-31-28/h3-15,18,24H,2,16-17,28H2,1H3,(H,29,35)(H,30,31)(H,32,33). The van der Waals surface area contributed by atoms with Crippen molar-refractivity contribution in [1.29, 1.82) is 0 Å². The van der Waals surface area contributed by atoms with E-state index in [-0.39, 0.29) is 19.6 Å². The Labute approximate surface area is 209 Å². The van der Waals surface area contributed by atoms with Gasteiger partial charge in [0.25, 0.3) is 5.91 Å². The molecule has 1 atom stereocenters. The quantitative estimate of drug-likeness (QED) is 0.108. The number of carbonyl (C=O) groups is 3. The third-order valence-electron chi connectivity index (χ3n) is 5.24. The van der Waals surface area contributed by atoms with E-state index in [0.717, 1.165) is 16.7 Å². The molecule has 0 spiro atoms. The number of nitrogens with two attached hydrogens (primary N) is 1. The third-order valence-corrected chi connectivity index (χ3v) is 5.24. The van der Waals surface area contributed by atoms with Crippen LogP contribution in [0.4, 0.5) is 5.69 Å². The molecular formula is C27H29N5O4. The summed E-state index contributed by atoms with van der Waals surface area (Å²) < 4.78 is 5.08. The summed E-state index contributed by atoms with van der Waals surface area (Å²) in [5, 5.41) is 5.42. The van der Waals surface area contributed by atoms with Crippen molar-refractivity contribution in [2.24, 2.45) is 10.8 Å². The van der Waals surface area contributed by atoms with Crippen LogP contribution in [0.25, 0.3) is 11.1 Å². The van der Waals surface area contributed by atoms with E-state index >= 15 is 0 Å². The van der Waals surface area contributed by atoms with E-state index in [2.05, 4.69) is 21.1 Å². The van der Waals surface area contributed by atoms with Gasteiger partial charge >= 0.3 is 5.97 Å². The van der Waals surface area contributed by atoms with E-state index in [4.69, 9.17) is 10.6 Å². The number of nitrogens with zero attached hydrogens (tertiary/aromatic N) is 1. The highest BCUT2D eigenvalue weighted by Gasteiger charge is 2.20. The van der Waals surface area contributed by atoms with Gasteiger partial charge < -0.3 is 20.8 Å². The van der Waals surface area contributed by atoms with Gasteiger partial charge in [-0.2, -0.15) is 0 Å². The Morgan fingerprint density at radius 2 is 1.69 bits per heavy atom. The fraction of sp³-hybridized carbons (Fsp3) is 0.185. The molecular weight excluding hydrogens is 458 g/mol. The number of hydrogen-bond acceptors (Lipinski definition) is 6. The first kappa shape index (κ1) is 26.1. The first-order valence-electron chi connectivity index (χ1n) is 11.5. The number of nitrogens with one attached hydrogen (secondary N) is 3. The van der Waals surface area contributed by atoms with E-state index in [9.17, 15) is 14.4 Å². The predicted octanol–water partition coefficient (Wildman–Crippen LogP) is 3.02. The Balaban J connectivity index is 1.66. The average molecular weight is 488 g/mol. The van der Waals surface area contributed by atoms with Crippen molar-refractivity contribution in [3.8, 4) is 11.1 Å². The van der Waals surface area contributed by atoms with Crippen LogP contribution < -0.4 is 21.9 Å². The van der Waals surface area contributed by atoms with Crippen LogP contribution in [0.1, 0.15) is 35.3 Å². The lowest BCUT2D eigenvalue weighted by atomic mass is 9.99. The van der Waals surface area contributed by atoms with Crippen LogP contribution in [0.5, 0.6) is 0 Å². The second-order valence-electron chi connectivity index (χ2n) is 7.78. The molecule has 5 N–H and O–H groups in total. The lowest BCUT2D eigenvalue weighted by molar-refractivity contribution is -0.143. The second kappa shape index (κ2) is 13.4. The first-order chi connectivity index (χ1) is 17.5. The van der Waals surface area contributed by atoms with Crippen molar-refractivity contribution in [1.82, 2.24) is 16.1 Å². The fourth-order valence-corrected chi connectivity index (χ4v) is 3.52. The molecule has 0 aliphatic heterocycles. The van der Waals surface area contributed by atoms with Gasteiger partial charge in [0.05, 0.1) is 31.3 Å². The summed E-state index contributed by atoms with van der Waals surface area (Å²) in [6.45, 7) is 1.70. The molecule has 0 saturated carbocycles. The largest absolute Gasteiger partial charge is 0.466 e. The molecule has 2 amide bonds. The highest BCUT2D eigenvalue weighted by Crippen LogP contribution is 2.24. The van der Waals surface area contributed by atoms with Gasteiger partial charge in [0.1, 0.15) is 6.34 Å². The molecule has 0 radical (unpaired) electrons. The molecule has 9 heteroatoms. The zero-order valence-electron chi connectivity index (χ0n) is 19.9. The molecule has 0 heterocycles. The van der Waals surface area contributed by atoms with Gasteiger partial charge in [0, 0.05) is 5.56 Å². The van der Waals surface area contributed by atoms with Crippen molar-refractivity contribution in [3.05, 3.63) is 90.0 Å². The second-order valence-corrected chi connectivity index (χ2v) is 7.78. The highest BCUT2D eigenvalue weighted by atomic mass is 16.5. The van der Waals surface area contributed by atoms with Crippen LogP contribution in [0.15, 0.2) is 83.9 Å². The summed E-state index contributed by atoms with van der Waals surface area (Å²) >= 11 is 0. The van der Waals surface area contributed by atoms with Gasteiger partial charge in [0.15, 0.2) is 0 Å².